The molecule has 0 aliphatic heterocycles. The molecule has 2 N–H and O–H groups in total. The van der Waals surface area contributed by atoms with Crippen molar-refractivity contribution in [2.45, 2.75) is 13.3 Å². The zero-order valence-electron chi connectivity index (χ0n) is 6.87. The summed E-state index contributed by atoms with van der Waals surface area (Å²) in [6.45, 7) is 2.13. The molecule has 0 aromatic carbocycles. The summed E-state index contributed by atoms with van der Waals surface area (Å²) in [5.74, 6) is 0.146. The number of anilines is 1. The number of furan rings is 1. The summed E-state index contributed by atoms with van der Waals surface area (Å²) in [6, 6.07) is 1.61. The number of hydrogen-bond donors (Lipinski definition) is 1. The first-order chi connectivity index (χ1) is 5.74. The van der Waals surface area contributed by atoms with Crippen LogP contribution in [0.1, 0.15) is 12.7 Å². The third kappa shape index (κ3) is 2.02. The number of nitrogen functional groups attached to an aromatic ring is 1. The van der Waals surface area contributed by atoms with Crippen molar-refractivity contribution in [2.24, 2.45) is 0 Å². The molecule has 0 unspecified atom stereocenters. The highest BCUT2D eigenvalue weighted by Gasteiger charge is 2.09. The zero-order valence-corrected chi connectivity index (χ0v) is 6.87. The van der Waals surface area contributed by atoms with Crippen LogP contribution in [0.4, 0.5) is 5.69 Å². The molecule has 0 saturated carbocycles. The molecule has 0 aliphatic carbocycles. The first-order valence-electron chi connectivity index (χ1n) is 3.71. The Morgan fingerprint density at radius 1 is 1.75 bits per heavy atom. The Morgan fingerprint density at radius 2 is 2.50 bits per heavy atom. The van der Waals surface area contributed by atoms with Gasteiger partial charge in [0.15, 0.2) is 0 Å². The maximum absolute atomic E-state index is 10.9. The molecule has 1 rings (SSSR count). The third-order valence-corrected chi connectivity index (χ3v) is 1.39. The Hall–Kier alpha value is -1.45. The van der Waals surface area contributed by atoms with Gasteiger partial charge in [0.25, 0.3) is 0 Å². The van der Waals surface area contributed by atoms with Crippen LogP contribution in [0.3, 0.4) is 0 Å². The van der Waals surface area contributed by atoms with Gasteiger partial charge in [-0.1, -0.05) is 0 Å². The van der Waals surface area contributed by atoms with Gasteiger partial charge in [-0.3, -0.25) is 4.79 Å². The number of ether oxygens (including phenoxy) is 1. The second-order valence-corrected chi connectivity index (χ2v) is 2.28. The predicted molar refractivity (Wildman–Crippen MR) is 43.5 cm³/mol. The van der Waals surface area contributed by atoms with Crippen LogP contribution in [0, 0.1) is 0 Å². The van der Waals surface area contributed by atoms with Crippen LogP contribution in [0.2, 0.25) is 0 Å². The smallest absolute Gasteiger partial charge is 0.313 e. The minimum Gasteiger partial charge on any atom is -0.467 e. The Bertz CT molecular complexity index is 267. The summed E-state index contributed by atoms with van der Waals surface area (Å²) in [6.07, 6.45) is 1.55. The summed E-state index contributed by atoms with van der Waals surface area (Å²) >= 11 is 0. The molecule has 66 valence electrons. The van der Waals surface area contributed by atoms with E-state index in [4.69, 9.17) is 14.9 Å². The van der Waals surface area contributed by atoms with E-state index in [1.807, 2.05) is 0 Å². The van der Waals surface area contributed by atoms with Gasteiger partial charge < -0.3 is 14.9 Å². The second-order valence-electron chi connectivity index (χ2n) is 2.28. The van der Waals surface area contributed by atoms with E-state index in [0.29, 0.717) is 18.1 Å². The van der Waals surface area contributed by atoms with Gasteiger partial charge in [0.1, 0.15) is 12.2 Å². The average Bonchev–Trinajstić information content (AvgIpc) is 2.37. The molecule has 4 heteroatoms. The molecule has 0 bridgehead atoms. The van der Waals surface area contributed by atoms with Gasteiger partial charge in [-0.25, -0.2) is 0 Å². The first-order valence-corrected chi connectivity index (χ1v) is 3.71. The lowest BCUT2D eigenvalue weighted by molar-refractivity contribution is -0.142. The van der Waals surface area contributed by atoms with Crippen LogP contribution in [0.5, 0.6) is 0 Å². The zero-order chi connectivity index (χ0) is 8.97. The Labute approximate surface area is 70.3 Å². The van der Waals surface area contributed by atoms with Crippen LogP contribution < -0.4 is 5.73 Å². The molecule has 0 fully saturated rings. The van der Waals surface area contributed by atoms with E-state index in [9.17, 15) is 4.79 Å². The van der Waals surface area contributed by atoms with Gasteiger partial charge in [0.2, 0.25) is 0 Å². The number of carbonyl (C=O) groups excluding carboxylic acids is 1. The van der Waals surface area contributed by atoms with Gasteiger partial charge >= 0.3 is 5.97 Å². The molecular weight excluding hydrogens is 158 g/mol. The average molecular weight is 169 g/mol. The summed E-state index contributed by atoms with van der Waals surface area (Å²) in [7, 11) is 0. The van der Waals surface area contributed by atoms with Gasteiger partial charge in [-0.15, -0.1) is 0 Å². The van der Waals surface area contributed by atoms with Crippen LogP contribution >= 0.6 is 0 Å². The topological polar surface area (TPSA) is 65.5 Å². The normalized spacial score (nSPS) is 9.75. The van der Waals surface area contributed by atoms with Gasteiger partial charge in [-0.05, 0) is 13.0 Å². The molecule has 1 aromatic heterocycles. The minimum absolute atomic E-state index is 0.104. The highest BCUT2D eigenvalue weighted by Crippen LogP contribution is 2.13. The van der Waals surface area contributed by atoms with E-state index in [1.54, 1.807) is 13.0 Å². The lowest BCUT2D eigenvalue weighted by Gasteiger charge is -1.99. The van der Waals surface area contributed by atoms with E-state index in [0.717, 1.165) is 0 Å². The Morgan fingerprint density at radius 3 is 3.00 bits per heavy atom. The maximum atomic E-state index is 10.9. The maximum Gasteiger partial charge on any atom is 0.313 e. The van der Waals surface area contributed by atoms with Gasteiger partial charge in [0, 0.05) is 0 Å². The van der Waals surface area contributed by atoms with Crippen LogP contribution in [-0.4, -0.2) is 12.6 Å². The molecule has 0 atom stereocenters. The number of esters is 1. The van der Waals surface area contributed by atoms with Crippen molar-refractivity contribution in [3.63, 3.8) is 0 Å². The van der Waals surface area contributed by atoms with Gasteiger partial charge in [-0.2, -0.15) is 0 Å². The molecule has 0 aliphatic rings. The van der Waals surface area contributed by atoms with Crippen molar-refractivity contribution >= 4 is 11.7 Å². The van der Waals surface area contributed by atoms with E-state index in [2.05, 4.69) is 0 Å². The summed E-state index contributed by atoms with van der Waals surface area (Å²) in [5, 5.41) is 0. The fourth-order valence-electron chi connectivity index (χ4n) is 0.837. The fourth-order valence-corrected chi connectivity index (χ4v) is 0.837. The van der Waals surface area contributed by atoms with Crippen molar-refractivity contribution < 1.29 is 13.9 Å². The second kappa shape index (κ2) is 3.80. The number of rotatable bonds is 3. The van der Waals surface area contributed by atoms with E-state index >= 15 is 0 Å². The van der Waals surface area contributed by atoms with Crippen molar-refractivity contribution in [2.75, 3.05) is 12.3 Å². The summed E-state index contributed by atoms with van der Waals surface area (Å²) < 4.78 is 9.67. The number of hydrogen-bond acceptors (Lipinski definition) is 4. The van der Waals surface area contributed by atoms with Crippen LogP contribution in [-0.2, 0) is 16.0 Å². The molecule has 1 heterocycles. The molecule has 12 heavy (non-hydrogen) atoms. The predicted octanol–water partition coefficient (Wildman–Crippen LogP) is 0.967. The van der Waals surface area contributed by atoms with Crippen LogP contribution in [0.15, 0.2) is 16.7 Å². The number of carbonyl (C=O) groups is 1. The Kier molecular flexibility index (Phi) is 2.74. The molecule has 0 saturated heterocycles. The van der Waals surface area contributed by atoms with E-state index < -0.39 is 0 Å². The summed E-state index contributed by atoms with van der Waals surface area (Å²) in [4.78, 5) is 10.9. The highest BCUT2D eigenvalue weighted by atomic mass is 16.5. The molecular formula is C8H11NO3. The summed E-state index contributed by atoms with van der Waals surface area (Å²) in [5.41, 5.74) is 5.97. The lowest BCUT2D eigenvalue weighted by atomic mass is 10.3. The molecule has 4 nitrogen and oxygen atoms in total. The quantitative estimate of drug-likeness (QED) is 0.684. The highest BCUT2D eigenvalue weighted by molar-refractivity contribution is 5.73. The Balaban J connectivity index is 2.52. The lowest BCUT2D eigenvalue weighted by Crippen LogP contribution is -2.07. The van der Waals surface area contributed by atoms with Crippen LogP contribution in [0.25, 0.3) is 0 Å². The van der Waals surface area contributed by atoms with E-state index in [-0.39, 0.29) is 12.4 Å². The van der Waals surface area contributed by atoms with Crippen molar-refractivity contribution in [1.29, 1.82) is 0 Å². The molecule has 1 aromatic rings. The fraction of sp³-hybridized carbons (Fsp3) is 0.375. The standard InChI is InChI=1S/C8H11NO3/c1-2-11-8(10)5-7-6(9)3-4-12-7/h3-4H,2,5,9H2,1H3. The number of nitrogens with two attached hydrogens (primary N) is 1. The molecule has 0 spiro atoms. The monoisotopic (exact) mass is 169 g/mol. The molecule has 0 amide bonds. The van der Waals surface area contributed by atoms with Crippen molar-refractivity contribution in [3.8, 4) is 0 Å². The SMILES string of the molecule is CCOC(=O)Cc1occc1N. The van der Waals surface area contributed by atoms with Crippen molar-refractivity contribution in [3.05, 3.63) is 18.1 Å². The van der Waals surface area contributed by atoms with Gasteiger partial charge in [0.05, 0.1) is 18.6 Å². The van der Waals surface area contributed by atoms with E-state index in [1.165, 1.54) is 6.26 Å². The first kappa shape index (κ1) is 8.64. The largest absolute Gasteiger partial charge is 0.467 e. The molecule has 0 radical (unpaired) electrons. The van der Waals surface area contributed by atoms with Crippen molar-refractivity contribution in [1.82, 2.24) is 0 Å². The minimum atomic E-state index is -0.320. The third-order valence-electron chi connectivity index (χ3n) is 1.39.